The van der Waals surface area contributed by atoms with Gasteiger partial charge in [-0.05, 0) is 79.6 Å². The summed E-state index contributed by atoms with van der Waals surface area (Å²) < 4.78 is 12.6. The number of fused-ring (bicyclic) bond motifs is 3. The van der Waals surface area contributed by atoms with Gasteiger partial charge in [0, 0.05) is 17.8 Å². The van der Waals surface area contributed by atoms with Crippen molar-refractivity contribution in [3.63, 3.8) is 0 Å². The molecule has 4 aromatic rings. The summed E-state index contributed by atoms with van der Waals surface area (Å²) in [7, 11) is 0. The Balaban J connectivity index is 1.43. The number of aryl methyl sites for hydroxylation is 1. The van der Waals surface area contributed by atoms with Crippen LogP contribution in [0.4, 0.5) is 28.4 Å². The number of ether oxygens (including phenoxy) is 2. The second-order valence-corrected chi connectivity index (χ2v) is 9.05. The van der Waals surface area contributed by atoms with Gasteiger partial charge in [0.2, 0.25) is 0 Å². The molecule has 0 bridgehead atoms. The lowest BCUT2D eigenvalue weighted by Crippen LogP contribution is -2.25. The topological polar surface area (TPSA) is 24.9 Å². The largest absolute Gasteiger partial charge is 0.457 e. The maximum atomic E-state index is 6.32. The van der Waals surface area contributed by atoms with E-state index in [2.05, 4.69) is 89.5 Å². The first-order valence-corrected chi connectivity index (χ1v) is 12.0. The summed E-state index contributed by atoms with van der Waals surface area (Å²) in [5.74, 6) is 3.63. The Labute approximate surface area is 205 Å². The Kier molecular flexibility index (Phi) is 4.46. The summed E-state index contributed by atoms with van der Waals surface area (Å²) in [6, 6.07) is 31.4. The lowest BCUT2D eigenvalue weighted by atomic mass is 10.0. The molecule has 35 heavy (non-hydrogen) atoms. The van der Waals surface area contributed by atoms with Crippen LogP contribution in [-0.4, -0.2) is 0 Å². The van der Waals surface area contributed by atoms with Crippen LogP contribution in [0, 0.1) is 6.92 Å². The Morgan fingerprint density at radius 2 is 1.17 bits per heavy atom. The van der Waals surface area contributed by atoms with E-state index >= 15 is 0 Å². The van der Waals surface area contributed by atoms with Crippen molar-refractivity contribution in [3.8, 4) is 17.2 Å². The zero-order chi connectivity index (χ0) is 23.4. The molecule has 0 radical (unpaired) electrons. The molecule has 0 spiro atoms. The molecule has 0 saturated heterocycles. The van der Waals surface area contributed by atoms with Crippen LogP contribution in [0.3, 0.4) is 0 Å². The molecule has 0 aromatic heterocycles. The first-order valence-electron chi connectivity index (χ1n) is 12.0. The molecule has 3 aliphatic rings. The minimum Gasteiger partial charge on any atom is -0.457 e. The van der Waals surface area contributed by atoms with Gasteiger partial charge in [-0.25, -0.2) is 0 Å². The van der Waals surface area contributed by atoms with Crippen LogP contribution in [0.2, 0.25) is 0 Å². The van der Waals surface area contributed by atoms with Crippen LogP contribution in [-0.2, 0) is 0 Å². The molecule has 0 atom stereocenters. The van der Waals surface area contributed by atoms with Gasteiger partial charge in [-0.3, -0.25) is 0 Å². The molecular weight excluding hydrogens is 432 g/mol. The number of rotatable bonds is 2. The van der Waals surface area contributed by atoms with Gasteiger partial charge in [0.25, 0.3) is 0 Å². The van der Waals surface area contributed by atoms with Gasteiger partial charge in [0.1, 0.15) is 5.76 Å². The number of hydrogen-bond acceptors (Lipinski definition) is 4. The van der Waals surface area contributed by atoms with E-state index in [1.807, 2.05) is 30.3 Å². The average molecular weight is 457 g/mol. The van der Waals surface area contributed by atoms with E-state index in [1.165, 1.54) is 5.56 Å². The standard InChI is InChI=1S/C31H24N2O2/c1-21-18-22(32-24-10-2-6-14-28(24)34-29-15-7-3-11-25(29)32)20-23(19-21)33-26-12-4-8-16-30(26)35-31-17-9-5-13-27(31)33/h2-8,10-16,18-20H,9,17H2,1H3. The minimum absolute atomic E-state index is 0.853. The van der Waals surface area contributed by atoms with Crippen LogP contribution in [0.5, 0.6) is 17.2 Å². The maximum Gasteiger partial charge on any atom is 0.151 e. The first-order chi connectivity index (χ1) is 17.3. The van der Waals surface area contributed by atoms with Crippen LogP contribution in [0.1, 0.15) is 18.4 Å². The van der Waals surface area contributed by atoms with Crippen LogP contribution in [0.15, 0.2) is 115 Å². The number of allylic oxidation sites excluding steroid dienone is 3. The van der Waals surface area contributed by atoms with Gasteiger partial charge in [-0.15, -0.1) is 0 Å². The highest BCUT2D eigenvalue weighted by atomic mass is 16.5. The van der Waals surface area contributed by atoms with E-state index in [1.54, 1.807) is 0 Å². The molecule has 1 aliphatic carbocycles. The highest BCUT2D eigenvalue weighted by molar-refractivity contribution is 5.88. The molecule has 4 nitrogen and oxygen atoms in total. The van der Waals surface area contributed by atoms with Gasteiger partial charge in [0.15, 0.2) is 17.2 Å². The van der Waals surface area contributed by atoms with E-state index in [-0.39, 0.29) is 0 Å². The first kappa shape index (κ1) is 20.0. The van der Waals surface area contributed by atoms with Crippen molar-refractivity contribution in [1.29, 1.82) is 0 Å². The second kappa shape index (κ2) is 7.81. The summed E-state index contributed by atoms with van der Waals surface area (Å²) in [5, 5.41) is 0. The smallest absolute Gasteiger partial charge is 0.151 e. The van der Waals surface area contributed by atoms with Gasteiger partial charge >= 0.3 is 0 Å². The summed E-state index contributed by atoms with van der Waals surface area (Å²) in [6.45, 7) is 2.16. The third-order valence-electron chi connectivity index (χ3n) is 6.68. The lowest BCUT2D eigenvalue weighted by molar-refractivity contribution is 0.388. The minimum atomic E-state index is 0.853. The second-order valence-electron chi connectivity index (χ2n) is 9.05. The molecule has 0 saturated carbocycles. The number of para-hydroxylation sites is 6. The molecular formula is C31H24N2O2. The van der Waals surface area contributed by atoms with Gasteiger partial charge < -0.3 is 19.3 Å². The fourth-order valence-electron chi connectivity index (χ4n) is 5.19. The molecule has 4 aromatic carbocycles. The average Bonchev–Trinajstić information content (AvgIpc) is 2.90. The van der Waals surface area contributed by atoms with Crippen molar-refractivity contribution in [2.45, 2.75) is 19.8 Å². The number of benzene rings is 4. The molecule has 0 N–H and O–H groups in total. The molecule has 170 valence electrons. The normalized spacial score (nSPS) is 15.5. The molecule has 2 heterocycles. The Bertz CT molecular complexity index is 1490. The number of nitrogens with zero attached hydrogens (tertiary/aromatic N) is 2. The van der Waals surface area contributed by atoms with Crippen molar-refractivity contribution in [1.82, 2.24) is 0 Å². The van der Waals surface area contributed by atoms with Gasteiger partial charge in [0.05, 0.1) is 22.8 Å². The van der Waals surface area contributed by atoms with Crippen molar-refractivity contribution in [3.05, 3.63) is 120 Å². The zero-order valence-corrected chi connectivity index (χ0v) is 19.4. The number of hydrogen-bond donors (Lipinski definition) is 0. The third-order valence-corrected chi connectivity index (χ3v) is 6.68. The van der Waals surface area contributed by atoms with E-state index < -0.39 is 0 Å². The van der Waals surface area contributed by atoms with E-state index in [0.717, 1.165) is 70.0 Å². The molecule has 2 aliphatic heterocycles. The summed E-state index contributed by atoms with van der Waals surface area (Å²) >= 11 is 0. The summed E-state index contributed by atoms with van der Waals surface area (Å²) in [5.41, 5.74) is 7.60. The van der Waals surface area contributed by atoms with Crippen LogP contribution >= 0.6 is 0 Å². The van der Waals surface area contributed by atoms with Crippen LogP contribution < -0.4 is 19.3 Å². The SMILES string of the molecule is Cc1cc(N2C3=C(CCC=C3)Oc3ccccc32)cc(N2c3ccccc3Oc3ccccc32)c1. The van der Waals surface area contributed by atoms with Crippen LogP contribution in [0.25, 0.3) is 0 Å². The number of anilines is 5. The summed E-state index contributed by atoms with van der Waals surface area (Å²) in [6.07, 6.45) is 6.32. The highest BCUT2D eigenvalue weighted by Gasteiger charge is 2.30. The molecule has 7 rings (SSSR count). The maximum absolute atomic E-state index is 6.32. The highest BCUT2D eigenvalue weighted by Crippen LogP contribution is 2.52. The fourth-order valence-corrected chi connectivity index (χ4v) is 5.19. The molecule has 0 amide bonds. The Hall–Kier alpha value is -4.44. The summed E-state index contributed by atoms with van der Waals surface area (Å²) in [4.78, 5) is 4.63. The predicted molar refractivity (Wildman–Crippen MR) is 141 cm³/mol. The molecule has 4 heteroatoms. The molecule has 0 unspecified atom stereocenters. The predicted octanol–water partition coefficient (Wildman–Crippen LogP) is 8.66. The quantitative estimate of drug-likeness (QED) is 0.265. The third kappa shape index (κ3) is 3.22. The van der Waals surface area contributed by atoms with E-state index in [0.29, 0.717) is 0 Å². The van der Waals surface area contributed by atoms with Gasteiger partial charge in [-0.1, -0.05) is 42.5 Å². The van der Waals surface area contributed by atoms with Crippen molar-refractivity contribution < 1.29 is 9.47 Å². The Morgan fingerprint density at radius 3 is 1.83 bits per heavy atom. The van der Waals surface area contributed by atoms with Gasteiger partial charge in [-0.2, -0.15) is 0 Å². The molecule has 0 fully saturated rings. The fraction of sp³-hybridized carbons (Fsp3) is 0.0968. The lowest BCUT2D eigenvalue weighted by Gasteiger charge is -2.37. The van der Waals surface area contributed by atoms with E-state index in [9.17, 15) is 0 Å². The van der Waals surface area contributed by atoms with Crippen molar-refractivity contribution in [2.24, 2.45) is 0 Å². The van der Waals surface area contributed by atoms with Crippen molar-refractivity contribution >= 4 is 28.4 Å². The Morgan fingerprint density at radius 1 is 0.629 bits per heavy atom. The van der Waals surface area contributed by atoms with Crippen molar-refractivity contribution in [2.75, 3.05) is 9.80 Å². The monoisotopic (exact) mass is 456 g/mol. The zero-order valence-electron chi connectivity index (χ0n) is 19.4. The van der Waals surface area contributed by atoms with E-state index in [4.69, 9.17) is 9.47 Å².